The van der Waals surface area contributed by atoms with Crippen molar-refractivity contribution in [2.75, 3.05) is 17.4 Å². The first-order chi connectivity index (χ1) is 14.8. The van der Waals surface area contributed by atoms with Gasteiger partial charge in [0.2, 0.25) is 0 Å². The number of likely N-dealkylation sites (tertiary alicyclic amines) is 1. The summed E-state index contributed by atoms with van der Waals surface area (Å²) >= 11 is 1.74. The van der Waals surface area contributed by atoms with Crippen LogP contribution in [0.1, 0.15) is 28.8 Å². The third kappa shape index (κ3) is 4.84. The highest BCUT2D eigenvalue weighted by Crippen LogP contribution is 2.32. The first-order valence-corrected chi connectivity index (χ1v) is 12.8. The fourth-order valence-corrected chi connectivity index (χ4v) is 6.47. The van der Waals surface area contributed by atoms with Crippen LogP contribution in [0.5, 0.6) is 0 Å². The van der Waals surface area contributed by atoms with Crippen molar-refractivity contribution in [1.29, 1.82) is 0 Å². The van der Waals surface area contributed by atoms with Crippen LogP contribution < -0.4 is 4.31 Å². The van der Waals surface area contributed by atoms with Crippen molar-refractivity contribution < 1.29 is 12.8 Å². The van der Waals surface area contributed by atoms with Crippen LogP contribution in [-0.2, 0) is 16.6 Å². The molecule has 2 heterocycles. The number of anilines is 1. The minimum absolute atomic E-state index is 0.215. The van der Waals surface area contributed by atoms with E-state index in [1.54, 1.807) is 54.7 Å². The zero-order chi connectivity index (χ0) is 22.0. The third-order valence-corrected chi connectivity index (χ3v) is 8.59. The number of sulfonamides is 1. The van der Waals surface area contributed by atoms with E-state index < -0.39 is 15.8 Å². The molecule has 0 spiro atoms. The van der Waals surface area contributed by atoms with Gasteiger partial charge in [-0.05, 0) is 68.0 Å². The molecule has 1 aromatic heterocycles. The highest BCUT2D eigenvalue weighted by Gasteiger charge is 2.34. The normalized spacial score (nSPS) is 15.8. The van der Waals surface area contributed by atoms with Gasteiger partial charge < -0.3 is 0 Å². The Kier molecular flexibility index (Phi) is 6.46. The third-order valence-electron chi connectivity index (χ3n) is 5.84. The maximum Gasteiger partial charge on any atom is 0.264 e. The summed E-state index contributed by atoms with van der Waals surface area (Å²) in [4.78, 5) is 3.90. The standard InChI is InChI=1S/C24H27FN2O2S2/c1-18-5-9-23(10-6-18)31(28,29)27(21-8-7-19(2)24(25)16-21)20-11-13-26(14-12-20)17-22-4-3-15-30-22/h3-10,15-16,20H,11-14,17H2,1-2H3. The van der Waals surface area contributed by atoms with Gasteiger partial charge in [0.15, 0.2) is 0 Å². The lowest BCUT2D eigenvalue weighted by Crippen LogP contribution is -2.47. The van der Waals surface area contributed by atoms with Crippen molar-refractivity contribution in [3.63, 3.8) is 0 Å². The fourth-order valence-electron chi connectivity index (χ4n) is 4.02. The van der Waals surface area contributed by atoms with Crippen LogP contribution in [0.4, 0.5) is 10.1 Å². The second kappa shape index (κ2) is 9.10. The van der Waals surface area contributed by atoms with Crippen LogP contribution in [0.25, 0.3) is 0 Å². The lowest BCUT2D eigenvalue weighted by atomic mass is 10.0. The highest BCUT2D eigenvalue weighted by atomic mass is 32.2. The van der Waals surface area contributed by atoms with Crippen LogP contribution in [0, 0.1) is 19.7 Å². The van der Waals surface area contributed by atoms with Crippen molar-refractivity contribution in [2.45, 2.75) is 44.2 Å². The number of benzene rings is 2. The summed E-state index contributed by atoms with van der Waals surface area (Å²) < 4.78 is 43.2. The van der Waals surface area contributed by atoms with Crippen molar-refractivity contribution >= 4 is 27.0 Å². The molecule has 0 bridgehead atoms. The zero-order valence-corrected chi connectivity index (χ0v) is 19.4. The highest BCUT2D eigenvalue weighted by molar-refractivity contribution is 7.92. The molecule has 31 heavy (non-hydrogen) atoms. The predicted octanol–water partition coefficient (Wildman–Crippen LogP) is 5.36. The molecule has 0 amide bonds. The summed E-state index contributed by atoms with van der Waals surface area (Å²) in [5, 5.41) is 2.07. The van der Waals surface area contributed by atoms with Gasteiger partial charge >= 0.3 is 0 Å². The van der Waals surface area contributed by atoms with Crippen molar-refractivity contribution in [2.24, 2.45) is 0 Å². The summed E-state index contributed by atoms with van der Waals surface area (Å²) in [5.41, 5.74) is 1.89. The summed E-state index contributed by atoms with van der Waals surface area (Å²) in [6.07, 6.45) is 1.40. The van der Waals surface area contributed by atoms with Gasteiger partial charge in [-0.3, -0.25) is 9.21 Å². The van der Waals surface area contributed by atoms with Crippen LogP contribution in [0.3, 0.4) is 0 Å². The number of hydrogen-bond acceptors (Lipinski definition) is 4. The van der Waals surface area contributed by atoms with Crippen molar-refractivity contribution in [1.82, 2.24) is 4.90 Å². The molecule has 0 N–H and O–H groups in total. The molecule has 0 atom stereocenters. The second-order valence-electron chi connectivity index (χ2n) is 8.13. The number of piperidine rings is 1. The summed E-state index contributed by atoms with van der Waals surface area (Å²) in [6, 6.07) is 15.5. The first-order valence-electron chi connectivity index (χ1n) is 10.5. The number of hydrogen-bond donors (Lipinski definition) is 0. The Bertz CT molecular complexity index is 1120. The minimum Gasteiger partial charge on any atom is -0.298 e. The number of halogens is 1. The van der Waals surface area contributed by atoms with Crippen LogP contribution in [-0.4, -0.2) is 32.4 Å². The Morgan fingerprint density at radius 1 is 1.06 bits per heavy atom. The molecule has 0 saturated carbocycles. The molecule has 3 aromatic rings. The van der Waals surface area contributed by atoms with E-state index in [1.165, 1.54) is 15.2 Å². The summed E-state index contributed by atoms with van der Waals surface area (Å²) in [7, 11) is -3.82. The molecule has 1 saturated heterocycles. The molecule has 7 heteroatoms. The Morgan fingerprint density at radius 2 is 1.77 bits per heavy atom. The lowest BCUT2D eigenvalue weighted by Gasteiger charge is -2.39. The zero-order valence-electron chi connectivity index (χ0n) is 17.8. The molecule has 0 aliphatic carbocycles. The van der Waals surface area contributed by atoms with E-state index in [-0.39, 0.29) is 10.9 Å². The first kappa shape index (κ1) is 22.0. The van der Waals surface area contributed by atoms with E-state index in [1.807, 2.05) is 6.92 Å². The van der Waals surface area contributed by atoms with Crippen LogP contribution in [0.15, 0.2) is 64.9 Å². The Hall–Kier alpha value is -2.22. The van der Waals surface area contributed by atoms with Gasteiger partial charge in [-0.1, -0.05) is 29.8 Å². The number of nitrogens with zero attached hydrogens (tertiary/aromatic N) is 2. The Balaban J connectivity index is 1.63. The van der Waals surface area contributed by atoms with Crippen LogP contribution >= 0.6 is 11.3 Å². The van der Waals surface area contributed by atoms with Gasteiger partial charge in [-0.2, -0.15) is 0 Å². The van der Waals surface area contributed by atoms with E-state index >= 15 is 0 Å². The van der Waals surface area contributed by atoms with Gasteiger partial charge in [0, 0.05) is 30.6 Å². The summed E-state index contributed by atoms with van der Waals surface area (Å²) in [6.45, 7) is 6.09. The van der Waals surface area contributed by atoms with Gasteiger partial charge in [-0.15, -0.1) is 11.3 Å². The topological polar surface area (TPSA) is 40.6 Å². The predicted molar refractivity (Wildman–Crippen MR) is 125 cm³/mol. The molecule has 4 nitrogen and oxygen atoms in total. The van der Waals surface area contributed by atoms with E-state index in [9.17, 15) is 12.8 Å². The van der Waals surface area contributed by atoms with Gasteiger partial charge in [0.25, 0.3) is 10.0 Å². The molecular formula is C24H27FN2O2S2. The average Bonchev–Trinajstić information content (AvgIpc) is 3.25. The molecule has 4 rings (SSSR count). The van der Waals surface area contributed by atoms with Crippen molar-refractivity contribution in [3.8, 4) is 0 Å². The average molecular weight is 459 g/mol. The molecular weight excluding hydrogens is 431 g/mol. The molecule has 1 aliphatic rings. The Labute approximate surface area is 188 Å². The molecule has 0 unspecified atom stereocenters. The number of aryl methyl sites for hydroxylation is 2. The maximum absolute atomic E-state index is 14.4. The van der Waals surface area contributed by atoms with E-state index in [2.05, 4.69) is 22.4 Å². The molecule has 1 aliphatic heterocycles. The van der Waals surface area contributed by atoms with Crippen molar-refractivity contribution in [3.05, 3.63) is 81.8 Å². The van der Waals surface area contributed by atoms with E-state index in [0.717, 1.165) is 25.2 Å². The van der Waals surface area contributed by atoms with E-state index in [0.29, 0.717) is 24.1 Å². The Morgan fingerprint density at radius 3 is 2.39 bits per heavy atom. The maximum atomic E-state index is 14.4. The molecule has 164 valence electrons. The molecule has 0 radical (unpaired) electrons. The fraction of sp³-hybridized carbons (Fsp3) is 0.333. The lowest BCUT2D eigenvalue weighted by molar-refractivity contribution is 0.208. The summed E-state index contributed by atoms with van der Waals surface area (Å²) in [5.74, 6) is -0.392. The van der Waals surface area contributed by atoms with Gasteiger partial charge in [0.05, 0.1) is 10.6 Å². The largest absolute Gasteiger partial charge is 0.298 e. The van der Waals surface area contributed by atoms with Gasteiger partial charge in [-0.25, -0.2) is 12.8 Å². The quantitative estimate of drug-likeness (QED) is 0.499. The van der Waals surface area contributed by atoms with E-state index in [4.69, 9.17) is 0 Å². The number of rotatable bonds is 6. The SMILES string of the molecule is Cc1ccc(S(=O)(=O)N(c2ccc(C)c(F)c2)C2CCN(Cc3cccs3)CC2)cc1. The second-order valence-corrected chi connectivity index (χ2v) is 11.0. The smallest absolute Gasteiger partial charge is 0.264 e. The van der Waals surface area contributed by atoms with Gasteiger partial charge in [0.1, 0.15) is 5.82 Å². The van der Waals surface area contributed by atoms with Crippen LogP contribution in [0.2, 0.25) is 0 Å². The monoisotopic (exact) mass is 458 g/mol. The minimum atomic E-state index is -3.82. The molecule has 2 aromatic carbocycles. The molecule has 1 fully saturated rings. The number of thiophene rings is 1.